The standard InChI is InChI=1S/C42H52N4O6/c1-29(41(50)32-13-6-5-7-14-32)46(2)27-35-26-38(31-23-21-30(28-47)22-24-31)52-42(51-35)33-15-12-16-34(25-33)44-39(48)19-8-3-4-9-20-40(49)45-37-18-11-10-17-36(37)43/h5-7,10-18,21-25,29,35,38,41-42,47,50H,3-4,8-9,19-20,26-28,43H2,1-2H3,(H,44,48)(H,45,49). The lowest BCUT2D eigenvalue weighted by molar-refractivity contribution is -0.253. The van der Waals surface area contributed by atoms with Crippen LogP contribution in [0.3, 0.4) is 0 Å². The third-order valence-electron chi connectivity index (χ3n) is 9.63. The molecule has 1 aliphatic rings. The topological polar surface area (TPSA) is 146 Å². The van der Waals surface area contributed by atoms with Gasteiger partial charge in [0.15, 0.2) is 6.29 Å². The molecule has 0 saturated carbocycles. The Kier molecular flexibility index (Phi) is 14.4. The highest BCUT2D eigenvalue weighted by Crippen LogP contribution is 2.39. The van der Waals surface area contributed by atoms with Crippen molar-refractivity contribution in [3.8, 4) is 0 Å². The van der Waals surface area contributed by atoms with Crippen LogP contribution in [0.2, 0.25) is 0 Å². The molecule has 6 N–H and O–H groups in total. The molecule has 276 valence electrons. The van der Waals surface area contributed by atoms with Crippen molar-refractivity contribution in [2.75, 3.05) is 30.0 Å². The van der Waals surface area contributed by atoms with Crippen LogP contribution in [-0.4, -0.2) is 52.7 Å². The number of para-hydroxylation sites is 2. The van der Waals surface area contributed by atoms with Crippen molar-refractivity contribution in [3.63, 3.8) is 0 Å². The zero-order valence-electron chi connectivity index (χ0n) is 30.1. The molecule has 1 heterocycles. The van der Waals surface area contributed by atoms with Crippen LogP contribution in [0.5, 0.6) is 0 Å². The highest BCUT2D eigenvalue weighted by molar-refractivity contribution is 5.93. The number of benzene rings is 4. The molecule has 5 unspecified atom stereocenters. The summed E-state index contributed by atoms with van der Waals surface area (Å²) >= 11 is 0. The second-order valence-corrected chi connectivity index (χ2v) is 13.6. The third kappa shape index (κ3) is 11.2. The molecule has 2 amide bonds. The first-order valence-corrected chi connectivity index (χ1v) is 18.2. The maximum Gasteiger partial charge on any atom is 0.224 e. The molecule has 0 spiro atoms. The van der Waals surface area contributed by atoms with Gasteiger partial charge in [0.2, 0.25) is 11.8 Å². The number of rotatable bonds is 17. The Morgan fingerprint density at radius 3 is 2.19 bits per heavy atom. The minimum Gasteiger partial charge on any atom is -0.397 e. The van der Waals surface area contributed by atoms with Gasteiger partial charge < -0.3 is 36.1 Å². The number of nitrogens with two attached hydrogens (primary N) is 1. The molecular formula is C42H52N4O6. The summed E-state index contributed by atoms with van der Waals surface area (Å²) in [5.41, 5.74) is 11.2. The number of nitrogens with zero attached hydrogens (tertiary/aromatic N) is 1. The molecule has 1 fully saturated rings. The van der Waals surface area contributed by atoms with Gasteiger partial charge in [0.25, 0.3) is 0 Å². The monoisotopic (exact) mass is 708 g/mol. The molecule has 52 heavy (non-hydrogen) atoms. The molecule has 5 atom stereocenters. The highest BCUT2D eigenvalue weighted by atomic mass is 16.7. The van der Waals surface area contributed by atoms with Crippen LogP contribution in [0.25, 0.3) is 0 Å². The van der Waals surface area contributed by atoms with E-state index in [1.54, 1.807) is 12.1 Å². The van der Waals surface area contributed by atoms with Gasteiger partial charge in [0, 0.05) is 43.1 Å². The molecule has 0 radical (unpaired) electrons. The minimum absolute atomic E-state index is 0.0325. The van der Waals surface area contributed by atoms with Crippen LogP contribution in [-0.2, 0) is 25.7 Å². The van der Waals surface area contributed by atoms with Gasteiger partial charge in [-0.25, -0.2) is 0 Å². The van der Waals surface area contributed by atoms with E-state index in [2.05, 4.69) is 15.5 Å². The zero-order valence-corrected chi connectivity index (χ0v) is 30.1. The van der Waals surface area contributed by atoms with E-state index in [0.717, 1.165) is 47.9 Å². The normalized spacial score (nSPS) is 18.4. The molecular weight excluding hydrogens is 656 g/mol. The number of hydrogen-bond donors (Lipinski definition) is 5. The molecule has 10 heteroatoms. The summed E-state index contributed by atoms with van der Waals surface area (Å²) in [6, 6.07) is 32.0. The molecule has 4 aromatic carbocycles. The van der Waals surface area contributed by atoms with Gasteiger partial charge in [-0.1, -0.05) is 91.7 Å². The molecule has 4 aromatic rings. The van der Waals surface area contributed by atoms with Crippen LogP contribution in [0.15, 0.2) is 103 Å². The van der Waals surface area contributed by atoms with Gasteiger partial charge in [-0.3, -0.25) is 14.5 Å². The summed E-state index contributed by atoms with van der Waals surface area (Å²) in [7, 11) is 1.99. The van der Waals surface area contributed by atoms with Crippen LogP contribution in [0.1, 0.15) is 92.6 Å². The molecule has 1 aliphatic heterocycles. The average molecular weight is 709 g/mol. The van der Waals surface area contributed by atoms with Crippen LogP contribution in [0, 0.1) is 0 Å². The lowest BCUT2D eigenvalue weighted by Crippen LogP contribution is -2.43. The van der Waals surface area contributed by atoms with Crippen molar-refractivity contribution in [1.82, 2.24) is 4.90 Å². The number of ether oxygens (including phenoxy) is 2. The molecule has 5 rings (SSSR count). The van der Waals surface area contributed by atoms with Crippen molar-refractivity contribution in [2.45, 2.75) is 89.1 Å². The van der Waals surface area contributed by atoms with E-state index in [9.17, 15) is 19.8 Å². The van der Waals surface area contributed by atoms with E-state index in [1.165, 1.54) is 0 Å². The van der Waals surface area contributed by atoms with E-state index >= 15 is 0 Å². The Labute approximate surface area is 307 Å². The van der Waals surface area contributed by atoms with Crippen LogP contribution in [0.4, 0.5) is 17.1 Å². The van der Waals surface area contributed by atoms with Crippen molar-refractivity contribution in [3.05, 3.63) is 125 Å². The largest absolute Gasteiger partial charge is 0.397 e. The SMILES string of the molecule is CC(C(O)c1ccccc1)N(C)CC1CC(c2ccc(CO)cc2)OC(c2cccc(NC(=O)CCCCCCC(=O)Nc3ccccc3N)c2)O1. The fourth-order valence-corrected chi connectivity index (χ4v) is 6.42. The number of hydrogen-bond acceptors (Lipinski definition) is 8. The summed E-state index contributed by atoms with van der Waals surface area (Å²) < 4.78 is 13.1. The number of aliphatic hydroxyl groups excluding tert-OH is 2. The maximum absolute atomic E-state index is 12.9. The van der Waals surface area contributed by atoms with E-state index in [-0.39, 0.29) is 36.7 Å². The first-order valence-electron chi connectivity index (χ1n) is 18.2. The van der Waals surface area contributed by atoms with E-state index in [0.29, 0.717) is 42.9 Å². The van der Waals surface area contributed by atoms with Crippen molar-refractivity contribution in [2.24, 2.45) is 0 Å². The Bertz CT molecular complexity index is 1720. The lowest BCUT2D eigenvalue weighted by atomic mass is 9.98. The van der Waals surface area contributed by atoms with Crippen LogP contribution < -0.4 is 16.4 Å². The highest BCUT2D eigenvalue weighted by Gasteiger charge is 2.34. The Morgan fingerprint density at radius 2 is 1.50 bits per heavy atom. The van der Waals surface area contributed by atoms with Crippen molar-refractivity contribution >= 4 is 28.9 Å². The zero-order chi connectivity index (χ0) is 36.9. The van der Waals surface area contributed by atoms with Crippen LogP contribution >= 0.6 is 0 Å². The van der Waals surface area contributed by atoms with Crippen molar-refractivity contribution < 1.29 is 29.3 Å². The number of carbonyl (C=O) groups is 2. The number of carbonyl (C=O) groups excluding carboxylic acids is 2. The van der Waals surface area contributed by atoms with Gasteiger partial charge in [-0.2, -0.15) is 0 Å². The van der Waals surface area contributed by atoms with Gasteiger partial charge in [-0.15, -0.1) is 0 Å². The third-order valence-corrected chi connectivity index (χ3v) is 9.63. The smallest absolute Gasteiger partial charge is 0.224 e. The van der Waals surface area contributed by atoms with Gasteiger partial charge in [-0.05, 0) is 67.8 Å². The Morgan fingerprint density at radius 1 is 0.827 bits per heavy atom. The first kappa shape index (κ1) is 38.6. The van der Waals surface area contributed by atoms with Gasteiger partial charge in [0.1, 0.15) is 0 Å². The first-order chi connectivity index (χ1) is 25.2. The van der Waals surface area contributed by atoms with Crippen molar-refractivity contribution in [1.29, 1.82) is 0 Å². The molecule has 0 aromatic heterocycles. The lowest BCUT2D eigenvalue weighted by Gasteiger charge is -2.39. The summed E-state index contributed by atoms with van der Waals surface area (Å²) in [6.07, 6.45) is 2.72. The van der Waals surface area contributed by atoms with E-state index in [4.69, 9.17) is 15.2 Å². The average Bonchev–Trinajstić information content (AvgIpc) is 3.16. The molecule has 0 bridgehead atoms. The molecule has 1 saturated heterocycles. The van der Waals surface area contributed by atoms with Gasteiger partial charge >= 0.3 is 0 Å². The predicted octanol–water partition coefficient (Wildman–Crippen LogP) is 7.28. The minimum atomic E-state index is -0.684. The number of amides is 2. The number of aliphatic hydroxyl groups is 2. The van der Waals surface area contributed by atoms with E-state index < -0.39 is 12.4 Å². The second kappa shape index (κ2) is 19.3. The Balaban J connectivity index is 1.15. The molecule has 0 aliphatic carbocycles. The quantitative estimate of drug-likeness (QED) is 0.0569. The van der Waals surface area contributed by atoms with Gasteiger partial charge in [0.05, 0.1) is 36.3 Å². The summed E-state index contributed by atoms with van der Waals surface area (Å²) in [6.45, 7) is 2.54. The summed E-state index contributed by atoms with van der Waals surface area (Å²) in [5, 5.41) is 26.5. The number of likely N-dealkylation sites (N-methyl/N-ethyl adjacent to an activating group) is 1. The number of nitrogens with one attached hydrogen (secondary N) is 2. The maximum atomic E-state index is 12.9. The molecule has 10 nitrogen and oxygen atoms in total. The number of anilines is 3. The number of unbranched alkanes of at least 4 members (excludes halogenated alkanes) is 3. The summed E-state index contributed by atoms with van der Waals surface area (Å²) in [5.74, 6) is -0.144. The Hall–Kier alpha value is -4.58. The van der Waals surface area contributed by atoms with E-state index in [1.807, 2.05) is 105 Å². The summed E-state index contributed by atoms with van der Waals surface area (Å²) in [4.78, 5) is 27.2. The fraction of sp³-hybridized carbons (Fsp3) is 0.381. The second-order valence-electron chi connectivity index (χ2n) is 13.6. The fourth-order valence-electron chi connectivity index (χ4n) is 6.42. The number of nitrogen functional groups attached to an aromatic ring is 1. The predicted molar refractivity (Wildman–Crippen MR) is 204 cm³/mol.